The highest BCUT2D eigenvalue weighted by Crippen LogP contribution is 2.18. The maximum atomic E-state index is 13.0. The van der Waals surface area contributed by atoms with Gasteiger partial charge in [-0.3, -0.25) is 14.4 Å². The fourth-order valence-electron chi connectivity index (χ4n) is 2.79. The normalized spacial score (nSPS) is 11.3. The summed E-state index contributed by atoms with van der Waals surface area (Å²) in [5.74, 6) is -0.737. The molecule has 3 rings (SSSR count). The van der Waals surface area contributed by atoms with E-state index in [2.05, 4.69) is 10.6 Å². The molecule has 0 aliphatic rings. The van der Waals surface area contributed by atoms with Crippen LogP contribution in [0.15, 0.2) is 72.8 Å². The highest BCUT2D eigenvalue weighted by atomic mass is 19.1. The number of anilines is 2. The number of rotatable bonds is 7. The lowest BCUT2D eigenvalue weighted by molar-refractivity contribution is -0.122. The Morgan fingerprint density at radius 1 is 0.774 bits per heavy atom. The summed E-state index contributed by atoms with van der Waals surface area (Å²) in [4.78, 5) is 35.9. The van der Waals surface area contributed by atoms with Crippen molar-refractivity contribution in [3.05, 3.63) is 89.7 Å². The van der Waals surface area contributed by atoms with Crippen LogP contribution in [0.25, 0.3) is 0 Å². The van der Waals surface area contributed by atoms with Crippen LogP contribution in [0.4, 0.5) is 15.8 Å². The fourth-order valence-corrected chi connectivity index (χ4v) is 2.79. The van der Waals surface area contributed by atoms with Crippen LogP contribution in [-0.4, -0.2) is 23.7 Å². The van der Waals surface area contributed by atoms with Crippen molar-refractivity contribution in [1.82, 2.24) is 0 Å². The Morgan fingerprint density at radius 3 is 1.77 bits per heavy atom. The quantitative estimate of drug-likeness (QED) is 0.554. The lowest BCUT2D eigenvalue weighted by Gasteiger charge is -2.15. The van der Waals surface area contributed by atoms with E-state index in [4.69, 9.17) is 4.74 Å². The summed E-state index contributed by atoms with van der Waals surface area (Å²) in [7, 11) is 0. The second-order valence-electron chi connectivity index (χ2n) is 6.87. The molecule has 158 valence electrons. The average Bonchev–Trinajstić information content (AvgIpc) is 2.75. The lowest BCUT2D eigenvalue weighted by Crippen LogP contribution is -2.30. The Balaban J connectivity index is 1.57. The molecule has 2 N–H and O–H groups in total. The van der Waals surface area contributed by atoms with Crippen LogP contribution in [0.2, 0.25) is 0 Å². The molecule has 0 radical (unpaired) electrons. The molecule has 0 saturated heterocycles. The van der Waals surface area contributed by atoms with E-state index >= 15 is 0 Å². The van der Waals surface area contributed by atoms with Crippen LogP contribution in [-0.2, 0) is 9.59 Å². The van der Waals surface area contributed by atoms with E-state index in [1.165, 1.54) is 31.2 Å². The number of nitrogens with one attached hydrogen (secondary N) is 2. The van der Waals surface area contributed by atoms with Crippen molar-refractivity contribution in [3.8, 4) is 5.75 Å². The third kappa shape index (κ3) is 5.99. The number of ether oxygens (including phenoxy) is 1. The Kier molecular flexibility index (Phi) is 6.77. The van der Waals surface area contributed by atoms with E-state index < -0.39 is 11.9 Å². The topological polar surface area (TPSA) is 84.5 Å². The van der Waals surface area contributed by atoms with E-state index in [9.17, 15) is 18.8 Å². The van der Waals surface area contributed by atoms with Gasteiger partial charge in [0, 0.05) is 29.4 Å². The van der Waals surface area contributed by atoms with Crippen LogP contribution in [0.3, 0.4) is 0 Å². The number of carbonyl (C=O) groups is 3. The van der Waals surface area contributed by atoms with Gasteiger partial charge in [-0.1, -0.05) is 0 Å². The SMILES string of the molecule is CC(=O)Nc1ccc(NC(=O)C(C)Oc2ccc(C(=O)c3ccc(F)cc3)cc2)cc1. The molecular weight excluding hydrogens is 399 g/mol. The van der Waals surface area contributed by atoms with Gasteiger partial charge in [0.15, 0.2) is 11.9 Å². The van der Waals surface area contributed by atoms with E-state index in [1.807, 2.05) is 0 Å². The molecule has 6 nitrogen and oxygen atoms in total. The number of carbonyl (C=O) groups excluding carboxylic acids is 3. The van der Waals surface area contributed by atoms with Gasteiger partial charge in [0.1, 0.15) is 11.6 Å². The summed E-state index contributed by atoms with van der Waals surface area (Å²) in [6.07, 6.45) is -0.784. The largest absolute Gasteiger partial charge is 0.481 e. The summed E-state index contributed by atoms with van der Waals surface area (Å²) in [5, 5.41) is 5.39. The highest BCUT2D eigenvalue weighted by Gasteiger charge is 2.16. The molecular formula is C24H21FN2O4. The smallest absolute Gasteiger partial charge is 0.265 e. The fraction of sp³-hybridized carbons (Fsp3) is 0.125. The predicted molar refractivity (Wildman–Crippen MR) is 116 cm³/mol. The van der Waals surface area contributed by atoms with Gasteiger partial charge in [-0.05, 0) is 79.7 Å². The second-order valence-corrected chi connectivity index (χ2v) is 6.87. The van der Waals surface area contributed by atoms with Crippen LogP contribution in [0.1, 0.15) is 29.8 Å². The van der Waals surface area contributed by atoms with Gasteiger partial charge in [-0.25, -0.2) is 4.39 Å². The molecule has 3 aromatic rings. The van der Waals surface area contributed by atoms with Gasteiger partial charge in [0.05, 0.1) is 0 Å². The summed E-state index contributed by atoms with van der Waals surface area (Å²) in [5.41, 5.74) is 2.00. The minimum atomic E-state index is -0.784. The van der Waals surface area contributed by atoms with Crippen LogP contribution < -0.4 is 15.4 Å². The van der Waals surface area contributed by atoms with E-state index in [0.29, 0.717) is 28.3 Å². The Bertz CT molecular complexity index is 1080. The van der Waals surface area contributed by atoms with E-state index in [0.717, 1.165) is 0 Å². The first-order valence-electron chi connectivity index (χ1n) is 9.57. The summed E-state index contributed by atoms with van der Waals surface area (Å²) < 4.78 is 18.7. The van der Waals surface area contributed by atoms with Crippen molar-refractivity contribution in [2.75, 3.05) is 10.6 Å². The van der Waals surface area contributed by atoms with Gasteiger partial charge < -0.3 is 15.4 Å². The van der Waals surface area contributed by atoms with Crippen molar-refractivity contribution < 1.29 is 23.5 Å². The van der Waals surface area contributed by atoms with Gasteiger partial charge in [0.2, 0.25) is 5.91 Å². The van der Waals surface area contributed by atoms with Gasteiger partial charge in [0.25, 0.3) is 5.91 Å². The second kappa shape index (κ2) is 9.67. The molecule has 0 bridgehead atoms. The first-order chi connectivity index (χ1) is 14.8. The summed E-state index contributed by atoms with van der Waals surface area (Å²) >= 11 is 0. The Morgan fingerprint density at radius 2 is 1.26 bits per heavy atom. The molecule has 0 aromatic heterocycles. The molecule has 1 unspecified atom stereocenters. The van der Waals surface area contributed by atoms with Crippen molar-refractivity contribution >= 4 is 29.0 Å². The number of halogens is 1. The minimum Gasteiger partial charge on any atom is -0.481 e. The minimum absolute atomic E-state index is 0.177. The lowest BCUT2D eigenvalue weighted by atomic mass is 10.0. The molecule has 0 aliphatic carbocycles. The number of hydrogen-bond donors (Lipinski definition) is 2. The summed E-state index contributed by atoms with van der Waals surface area (Å²) in [6.45, 7) is 3.03. The molecule has 2 amide bonds. The number of benzene rings is 3. The highest BCUT2D eigenvalue weighted by molar-refractivity contribution is 6.09. The van der Waals surface area contributed by atoms with Crippen LogP contribution >= 0.6 is 0 Å². The van der Waals surface area contributed by atoms with Gasteiger partial charge >= 0.3 is 0 Å². The first kappa shape index (κ1) is 21.7. The molecule has 31 heavy (non-hydrogen) atoms. The van der Waals surface area contributed by atoms with Crippen molar-refractivity contribution in [3.63, 3.8) is 0 Å². The Hall–Kier alpha value is -4.00. The molecule has 3 aromatic carbocycles. The van der Waals surface area contributed by atoms with Gasteiger partial charge in [-0.2, -0.15) is 0 Å². The zero-order valence-corrected chi connectivity index (χ0v) is 17.0. The first-order valence-corrected chi connectivity index (χ1v) is 9.57. The van der Waals surface area contributed by atoms with Gasteiger partial charge in [-0.15, -0.1) is 0 Å². The molecule has 0 heterocycles. The zero-order chi connectivity index (χ0) is 22.4. The molecule has 7 heteroatoms. The monoisotopic (exact) mass is 420 g/mol. The maximum absolute atomic E-state index is 13.0. The molecule has 0 aliphatic heterocycles. The zero-order valence-electron chi connectivity index (χ0n) is 17.0. The summed E-state index contributed by atoms with van der Waals surface area (Å²) in [6, 6.07) is 18.4. The third-order valence-electron chi connectivity index (χ3n) is 4.38. The van der Waals surface area contributed by atoms with E-state index in [-0.39, 0.29) is 17.6 Å². The molecule has 1 atom stereocenters. The van der Waals surface area contributed by atoms with Crippen LogP contribution in [0, 0.1) is 5.82 Å². The Labute approximate surface area is 179 Å². The van der Waals surface area contributed by atoms with Crippen molar-refractivity contribution in [1.29, 1.82) is 0 Å². The van der Waals surface area contributed by atoms with E-state index in [1.54, 1.807) is 55.5 Å². The van der Waals surface area contributed by atoms with Crippen LogP contribution in [0.5, 0.6) is 5.75 Å². The number of amides is 2. The molecule has 0 spiro atoms. The average molecular weight is 420 g/mol. The third-order valence-corrected chi connectivity index (χ3v) is 4.38. The number of hydrogen-bond acceptors (Lipinski definition) is 4. The molecule has 0 saturated carbocycles. The van der Waals surface area contributed by atoms with Crippen molar-refractivity contribution in [2.45, 2.75) is 20.0 Å². The number of ketones is 1. The predicted octanol–water partition coefficient (Wildman–Crippen LogP) is 4.42. The standard InChI is InChI=1S/C24H21FN2O4/c1-15(24(30)27-21-11-9-20(10-12-21)26-16(2)28)31-22-13-5-18(6-14-22)23(29)17-3-7-19(25)8-4-17/h3-15H,1-2H3,(H,26,28)(H,27,30). The molecule has 0 fully saturated rings. The maximum Gasteiger partial charge on any atom is 0.265 e. The van der Waals surface area contributed by atoms with Crippen molar-refractivity contribution in [2.24, 2.45) is 0 Å².